The molecule has 1 atom stereocenters. The lowest BCUT2D eigenvalue weighted by molar-refractivity contribution is -0.131. The normalized spacial score (nSPS) is 19.8. The first-order valence-electron chi connectivity index (χ1n) is 6.74. The van der Waals surface area contributed by atoms with E-state index in [1.165, 1.54) is 4.88 Å². The maximum absolute atomic E-state index is 12.0. The first kappa shape index (κ1) is 14.1. The van der Waals surface area contributed by atoms with E-state index >= 15 is 0 Å². The van der Waals surface area contributed by atoms with Crippen LogP contribution < -0.4 is 5.73 Å². The van der Waals surface area contributed by atoms with Gasteiger partial charge in [0.25, 0.3) is 0 Å². The highest BCUT2D eigenvalue weighted by molar-refractivity contribution is 7.12. The average molecular weight is 276 g/mol. The number of hydrogen-bond acceptors (Lipinski definition) is 3. The van der Waals surface area contributed by atoms with Crippen molar-refractivity contribution >= 4 is 17.2 Å². The van der Waals surface area contributed by atoms with Crippen molar-refractivity contribution in [3.8, 4) is 11.8 Å². The summed E-state index contributed by atoms with van der Waals surface area (Å²) in [6.07, 6.45) is 2.82. The molecule has 102 valence electrons. The van der Waals surface area contributed by atoms with Crippen LogP contribution in [0.4, 0.5) is 0 Å². The van der Waals surface area contributed by atoms with Gasteiger partial charge in [0, 0.05) is 17.8 Å². The fourth-order valence-corrected chi connectivity index (χ4v) is 3.10. The maximum atomic E-state index is 12.0. The third-order valence-electron chi connectivity index (χ3n) is 3.42. The van der Waals surface area contributed by atoms with Gasteiger partial charge in [-0.15, -0.1) is 11.3 Å². The number of rotatable bonds is 2. The van der Waals surface area contributed by atoms with Crippen LogP contribution in [-0.4, -0.2) is 23.9 Å². The number of carbonyl (C=O) groups excluding carboxylic acids is 1. The van der Waals surface area contributed by atoms with E-state index in [0.29, 0.717) is 18.9 Å². The Morgan fingerprint density at radius 1 is 1.47 bits per heavy atom. The molecule has 0 radical (unpaired) electrons. The molecule has 1 aliphatic rings. The van der Waals surface area contributed by atoms with E-state index in [9.17, 15) is 4.79 Å². The van der Waals surface area contributed by atoms with Gasteiger partial charge in [-0.1, -0.05) is 18.8 Å². The summed E-state index contributed by atoms with van der Waals surface area (Å²) in [7, 11) is 0. The fourth-order valence-electron chi connectivity index (χ4n) is 2.20. The van der Waals surface area contributed by atoms with Gasteiger partial charge in [-0.05, 0) is 30.9 Å². The smallest absolute Gasteiger partial charge is 0.222 e. The lowest BCUT2D eigenvalue weighted by Gasteiger charge is -2.19. The molecular formula is C15H20N2OS. The standard InChI is InChI=1S/C15H20N2OS/c1-12-4-7-15(18)17(10-8-12)11-14-6-5-13(19-14)3-2-9-16/h5-6,12H,4,7-11,16H2,1H3. The third-order valence-corrected chi connectivity index (χ3v) is 4.40. The molecule has 1 aliphatic heterocycles. The van der Waals surface area contributed by atoms with Crippen LogP contribution in [0.25, 0.3) is 0 Å². The quantitative estimate of drug-likeness (QED) is 0.842. The van der Waals surface area contributed by atoms with Crippen LogP contribution in [0.5, 0.6) is 0 Å². The van der Waals surface area contributed by atoms with E-state index in [1.807, 2.05) is 11.0 Å². The van der Waals surface area contributed by atoms with Gasteiger partial charge in [-0.25, -0.2) is 0 Å². The second kappa shape index (κ2) is 6.74. The van der Waals surface area contributed by atoms with Crippen LogP contribution in [0, 0.1) is 17.8 Å². The predicted molar refractivity (Wildman–Crippen MR) is 78.7 cm³/mol. The molecule has 1 aromatic rings. The van der Waals surface area contributed by atoms with Crippen molar-refractivity contribution in [2.75, 3.05) is 13.1 Å². The molecule has 0 spiro atoms. The van der Waals surface area contributed by atoms with Crippen molar-refractivity contribution < 1.29 is 4.79 Å². The van der Waals surface area contributed by atoms with Gasteiger partial charge in [-0.2, -0.15) is 0 Å². The van der Waals surface area contributed by atoms with Gasteiger partial charge in [-0.3, -0.25) is 4.79 Å². The SMILES string of the molecule is CC1CCC(=O)N(Cc2ccc(C#CCN)s2)CC1. The molecule has 1 fully saturated rings. The molecule has 0 saturated carbocycles. The Bertz CT molecular complexity index is 498. The first-order valence-corrected chi connectivity index (χ1v) is 7.56. The van der Waals surface area contributed by atoms with Gasteiger partial charge in [0.15, 0.2) is 0 Å². The summed E-state index contributed by atoms with van der Waals surface area (Å²) in [5.41, 5.74) is 5.36. The monoisotopic (exact) mass is 276 g/mol. The summed E-state index contributed by atoms with van der Waals surface area (Å²) in [5, 5.41) is 0. The van der Waals surface area contributed by atoms with E-state index in [1.54, 1.807) is 11.3 Å². The molecule has 2 N–H and O–H groups in total. The summed E-state index contributed by atoms with van der Waals surface area (Å²) in [5.74, 6) is 6.83. The van der Waals surface area contributed by atoms with E-state index in [4.69, 9.17) is 5.73 Å². The molecule has 1 unspecified atom stereocenters. The Balaban J connectivity index is 1.99. The molecule has 0 aliphatic carbocycles. The molecule has 2 rings (SSSR count). The number of hydrogen-bond donors (Lipinski definition) is 1. The van der Waals surface area contributed by atoms with Gasteiger partial charge < -0.3 is 10.6 Å². The molecule has 0 aromatic carbocycles. The maximum Gasteiger partial charge on any atom is 0.222 e. The number of thiophene rings is 1. The number of carbonyl (C=O) groups is 1. The van der Waals surface area contributed by atoms with Crippen molar-refractivity contribution in [1.29, 1.82) is 0 Å². The molecule has 0 bridgehead atoms. The molecule has 3 nitrogen and oxygen atoms in total. The number of likely N-dealkylation sites (tertiary alicyclic amines) is 1. The summed E-state index contributed by atoms with van der Waals surface area (Å²) in [6, 6.07) is 4.07. The van der Waals surface area contributed by atoms with E-state index < -0.39 is 0 Å². The van der Waals surface area contributed by atoms with Crippen LogP contribution in [0.2, 0.25) is 0 Å². The molecule has 1 aromatic heterocycles. The van der Waals surface area contributed by atoms with Crippen LogP contribution in [0.1, 0.15) is 35.9 Å². The largest absolute Gasteiger partial charge is 0.338 e. The predicted octanol–water partition coefficient (Wildman–Crippen LogP) is 2.21. The first-order chi connectivity index (χ1) is 9.19. The number of amides is 1. The van der Waals surface area contributed by atoms with Crippen molar-refractivity contribution in [3.05, 3.63) is 21.9 Å². The highest BCUT2D eigenvalue weighted by Gasteiger charge is 2.20. The molecule has 4 heteroatoms. The Morgan fingerprint density at radius 3 is 3.11 bits per heavy atom. The van der Waals surface area contributed by atoms with E-state index in [-0.39, 0.29) is 5.91 Å². The Morgan fingerprint density at radius 2 is 2.32 bits per heavy atom. The van der Waals surface area contributed by atoms with Gasteiger partial charge in [0.2, 0.25) is 5.91 Å². The highest BCUT2D eigenvalue weighted by atomic mass is 32.1. The zero-order valence-electron chi connectivity index (χ0n) is 11.3. The van der Waals surface area contributed by atoms with E-state index in [2.05, 4.69) is 24.8 Å². The highest BCUT2D eigenvalue weighted by Crippen LogP contribution is 2.22. The van der Waals surface area contributed by atoms with Crippen molar-refractivity contribution in [3.63, 3.8) is 0 Å². The van der Waals surface area contributed by atoms with Crippen molar-refractivity contribution in [2.24, 2.45) is 11.7 Å². The summed E-state index contributed by atoms with van der Waals surface area (Å²) in [4.78, 5) is 16.2. The fraction of sp³-hybridized carbons (Fsp3) is 0.533. The van der Waals surface area contributed by atoms with Gasteiger partial charge >= 0.3 is 0 Å². The van der Waals surface area contributed by atoms with E-state index in [0.717, 1.165) is 30.8 Å². The number of nitrogens with zero attached hydrogens (tertiary/aromatic N) is 1. The molecule has 1 saturated heterocycles. The van der Waals surface area contributed by atoms with Gasteiger partial charge in [0.1, 0.15) is 0 Å². The van der Waals surface area contributed by atoms with Crippen molar-refractivity contribution in [2.45, 2.75) is 32.7 Å². The topological polar surface area (TPSA) is 46.3 Å². The lowest BCUT2D eigenvalue weighted by atomic mass is 10.0. The lowest BCUT2D eigenvalue weighted by Crippen LogP contribution is -2.29. The molecule has 2 heterocycles. The van der Waals surface area contributed by atoms with Crippen LogP contribution >= 0.6 is 11.3 Å². The number of nitrogens with two attached hydrogens (primary N) is 1. The minimum Gasteiger partial charge on any atom is -0.338 e. The second-order valence-electron chi connectivity index (χ2n) is 5.02. The summed E-state index contributed by atoms with van der Waals surface area (Å²) in [6.45, 7) is 4.21. The minimum absolute atomic E-state index is 0.285. The minimum atomic E-state index is 0.285. The Kier molecular flexibility index (Phi) is 5.00. The Hall–Kier alpha value is -1.31. The second-order valence-corrected chi connectivity index (χ2v) is 6.19. The summed E-state index contributed by atoms with van der Waals surface area (Å²) >= 11 is 1.65. The zero-order valence-corrected chi connectivity index (χ0v) is 12.1. The molecule has 19 heavy (non-hydrogen) atoms. The zero-order chi connectivity index (χ0) is 13.7. The molecular weight excluding hydrogens is 256 g/mol. The van der Waals surface area contributed by atoms with Crippen LogP contribution in [-0.2, 0) is 11.3 Å². The average Bonchev–Trinajstić information content (AvgIpc) is 2.79. The Labute approximate surface area is 118 Å². The van der Waals surface area contributed by atoms with Crippen molar-refractivity contribution in [1.82, 2.24) is 4.90 Å². The van der Waals surface area contributed by atoms with Crippen LogP contribution in [0.15, 0.2) is 12.1 Å². The summed E-state index contributed by atoms with van der Waals surface area (Å²) < 4.78 is 0. The third kappa shape index (κ3) is 4.09. The van der Waals surface area contributed by atoms with Crippen LogP contribution in [0.3, 0.4) is 0 Å². The molecule has 1 amide bonds. The van der Waals surface area contributed by atoms with Gasteiger partial charge in [0.05, 0.1) is 18.0 Å².